The van der Waals surface area contributed by atoms with E-state index in [1.165, 1.54) is 0 Å². The number of aliphatic hydroxyl groups excluding tert-OH is 1. The average molecular weight is 131 g/mol. The summed E-state index contributed by atoms with van der Waals surface area (Å²) in [5, 5.41) is 12.2. The highest BCUT2D eigenvalue weighted by atomic mass is 16.5. The minimum Gasteiger partial charge on any atom is -0.389 e. The lowest BCUT2D eigenvalue weighted by Crippen LogP contribution is -2.44. The Labute approximate surface area is 55.0 Å². The van der Waals surface area contributed by atoms with Crippen LogP contribution in [0, 0.1) is 0 Å². The molecule has 0 amide bonds. The number of aliphatic hydroxyl groups is 1. The largest absolute Gasteiger partial charge is 0.389 e. The molecule has 1 rings (SSSR count). The van der Waals surface area contributed by atoms with Crippen LogP contribution in [0.4, 0.5) is 0 Å². The molecule has 0 radical (unpaired) electrons. The topological polar surface area (TPSA) is 41.5 Å². The van der Waals surface area contributed by atoms with Gasteiger partial charge in [0.15, 0.2) is 0 Å². The summed E-state index contributed by atoms with van der Waals surface area (Å²) in [6, 6.07) is 0.235. The fourth-order valence-corrected chi connectivity index (χ4v) is 1.06. The second-order valence-electron chi connectivity index (χ2n) is 2.33. The van der Waals surface area contributed by atoms with Gasteiger partial charge in [-0.15, -0.1) is 0 Å². The van der Waals surface area contributed by atoms with Crippen molar-refractivity contribution in [3.63, 3.8) is 0 Å². The zero-order valence-corrected chi connectivity index (χ0v) is 5.63. The van der Waals surface area contributed by atoms with Crippen molar-refractivity contribution >= 4 is 0 Å². The molecular formula is C6H13NO2. The van der Waals surface area contributed by atoms with Crippen LogP contribution in [0.15, 0.2) is 0 Å². The number of nitrogens with one attached hydrogen (secondary N) is 1. The Morgan fingerprint density at radius 2 is 2.44 bits per heavy atom. The predicted octanol–water partition coefficient (Wildman–Crippen LogP) is -0.644. The van der Waals surface area contributed by atoms with Crippen molar-refractivity contribution in [1.29, 1.82) is 0 Å². The maximum Gasteiger partial charge on any atom is 0.0926 e. The van der Waals surface area contributed by atoms with Gasteiger partial charge in [-0.1, -0.05) is 0 Å². The van der Waals surface area contributed by atoms with E-state index in [0.717, 1.165) is 13.0 Å². The zero-order chi connectivity index (χ0) is 6.69. The first-order valence-electron chi connectivity index (χ1n) is 3.27. The highest BCUT2D eigenvalue weighted by molar-refractivity contribution is 4.76. The summed E-state index contributed by atoms with van der Waals surface area (Å²) < 4.78 is 5.02. The monoisotopic (exact) mass is 131 g/mol. The third-order valence-corrected chi connectivity index (χ3v) is 1.70. The van der Waals surface area contributed by atoms with Gasteiger partial charge in [0.25, 0.3) is 0 Å². The highest BCUT2D eigenvalue weighted by Crippen LogP contribution is 2.05. The highest BCUT2D eigenvalue weighted by Gasteiger charge is 2.20. The van der Waals surface area contributed by atoms with Crippen molar-refractivity contribution < 1.29 is 9.84 Å². The maximum atomic E-state index is 9.18. The molecule has 1 heterocycles. The molecule has 3 heteroatoms. The van der Waals surface area contributed by atoms with Gasteiger partial charge in [-0.05, 0) is 13.5 Å². The normalized spacial score (nSPS) is 36.7. The molecule has 1 fully saturated rings. The van der Waals surface area contributed by atoms with Gasteiger partial charge in [0, 0.05) is 12.6 Å². The van der Waals surface area contributed by atoms with Gasteiger partial charge < -0.3 is 15.2 Å². The predicted molar refractivity (Wildman–Crippen MR) is 34.3 cm³/mol. The average Bonchev–Trinajstić information content (AvgIpc) is 1.89. The Balaban J connectivity index is 2.30. The van der Waals surface area contributed by atoms with E-state index in [1.54, 1.807) is 0 Å². The first kappa shape index (κ1) is 6.99. The zero-order valence-electron chi connectivity index (χ0n) is 5.63. The van der Waals surface area contributed by atoms with Gasteiger partial charge in [0.05, 0.1) is 12.7 Å². The molecule has 54 valence electrons. The molecule has 1 aliphatic rings. The molecule has 2 N–H and O–H groups in total. The molecule has 0 aromatic carbocycles. The maximum absolute atomic E-state index is 9.18. The van der Waals surface area contributed by atoms with Crippen molar-refractivity contribution in [3.8, 4) is 0 Å². The third-order valence-electron chi connectivity index (χ3n) is 1.70. The Kier molecular flexibility index (Phi) is 2.45. The molecule has 0 saturated carbocycles. The number of hydrogen-bond acceptors (Lipinski definition) is 3. The smallest absolute Gasteiger partial charge is 0.0926 e. The minimum absolute atomic E-state index is 0.235. The van der Waals surface area contributed by atoms with Crippen LogP contribution in [0.1, 0.15) is 6.42 Å². The van der Waals surface area contributed by atoms with Gasteiger partial charge in [-0.25, -0.2) is 0 Å². The van der Waals surface area contributed by atoms with Crippen LogP contribution < -0.4 is 5.32 Å². The van der Waals surface area contributed by atoms with Crippen molar-refractivity contribution in [2.45, 2.75) is 18.6 Å². The molecule has 0 aromatic rings. The van der Waals surface area contributed by atoms with E-state index in [4.69, 9.17) is 4.74 Å². The SMILES string of the molecule is CN[C@@H]1CCOC[C@H]1O. The van der Waals surface area contributed by atoms with E-state index in [0.29, 0.717) is 6.61 Å². The summed E-state index contributed by atoms with van der Waals surface area (Å²) in [6.45, 7) is 1.24. The molecule has 0 aromatic heterocycles. The van der Waals surface area contributed by atoms with E-state index in [2.05, 4.69) is 5.32 Å². The molecule has 1 saturated heterocycles. The molecule has 1 aliphatic heterocycles. The van der Waals surface area contributed by atoms with Gasteiger partial charge >= 0.3 is 0 Å². The van der Waals surface area contributed by atoms with Crippen LogP contribution in [-0.4, -0.2) is 37.5 Å². The van der Waals surface area contributed by atoms with Crippen LogP contribution in [0.3, 0.4) is 0 Å². The molecule has 0 bridgehead atoms. The fraction of sp³-hybridized carbons (Fsp3) is 1.00. The lowest BCUT2D eigenvalue weighted by molar-refractivity contribution is -0.0258. The van der Waals surface area contributed by atoms with E-state index >= 15 is 0 Å². The van der Waals surface area contributed by atoms with Gasteiger partial charge in [-0.3, -0.25) is 0 Å². The van der Waals surface area contributed by atoms with E-state index < -0.39 is 0 Å². The van der Waals surface area contributed by atoms with Crippen LogP contribution in [0.5, 0.6) is 0 Å². The lowest BCUT2D eigenvalue weighted by Gasteiger charge is -2.26. The molecule has 0 unspecified atom stereocenters. The number of rotatable bonds is 1. The van der Waals surface area contributed by atoms with E-state index in [9.17, 15) is 5.11 Å². The van der Waals surface area contributed by atoms with E-state index in [-0.39, 0.29) is 12.1 Å². The molecule has 3 nitrogen and oxygen atoms in total. The number of hydrogen-bond donors (Lipinski definition) is 2. The number of likely N-dealkylation sites (N-methyl/N-ethyl adjacent to an activating group) is 1. The Morgan fingerprint density at radius 1 is 1.67 bits per heavy atom. The molecular weight excluding hydrogens is 118 g/mol. The summed E-state index contributed by atoms with van der Waals surface area (Å²) in [6.07, 6.45) is 0.598. The van der Waals surface area contributed by atoms with Gasteiger partial charge in [-0.2, -0.15) is 0 Å². The van der Waals surface area contributed by atoms with Crippen molar-refractivity contribution in [1.82, 2.24) is 5.32 Å². The first-order valence-corrected chi connectivity index (χ1v) is 3.27. The molecule has 2 atom stereocenters. The standard InChI is InChI=1S/C6H13NO2/c1-7-5-2-3-9-4-6(5)8/h5-8H,2-4H2,1H3/t5-,6-/m1/s1. The van der Waals surface area contributed by atoms with Crippen molar-refractivity contribution in [2.24, 2.45) is 0 Å². The Bertz CT molecular complexity index is 87.1. The summed E-state index contributed by atoms with van der Waals surface area (Å²) in [4.78, 5) is 0. The number of ether oxygens (including phenoxy) is 1. The lowest BCUT2D eigenvalue weighted by atomic mass is 10.1. The second kappa shape index (κ2) is 3.15. The summed E-state index contributed by atoms with van der Waals surface area (Å²) in [5.74, 6) is 0. The molecule has 0 aliphatic carbocycles. The first-order chi connectivity index (χ1) is 4.34. The minimum atomic E-state index is -0.316. The summed E-state index contributed by atoms with van der Waals surface area (Å²) in [7, 11) is 1.86. The Morgan fingerprint density at radius 3 is 2.89 bits per heavy atom. The quantitative estimate of drug-likeness (QED) is 0.497. The summed E-state index contributed by atoms with van der Waals surface area (Å²) in [5.41, 5.74) is 0. The second-order valence-corrected chi connectivity index (χ2v) is 2.33. The Hall–Kier alpha value is -0.120. The van der Waals surface area contributed by atoms with Gasteiger partial charge in [0.1, 0.15) is 0 Å². The van der Waals surface area contributed by atoms with Crippen LogP contribution >= 0.6 is 0 Å². The van der Waals surface area contributed by atoms with Crippen molar-refractivity contribution in [2.75, 3.05) is 20.3 Å². The van der Waals surface area contributed by atoms with Crippen LogP contribution in [-0.2, 0) is 4.74 Å². The molecule has 9 heavy (non-hydrogen) atoms. The third kappa shape index (κ3) is 1.64. The van der Waals surface area contributed by atoms with Crippen LogP contribution in [0.25, 0.3) is 0 Å². The van der Waals surface area contributed by atoms with E-state index in [1.807, 2.05) is 7.05 Å². The fourth-order valence-electron chi connectivity index (χ4n) is 1.06. The van der Waals surface area contributed by atoms with Crippen LogP contribution in [0.2, 0.25) is 0 Å². The van der Waals surface area contributed by atoms with Gasteiger partial charge in [0.2, 0.25) is 0 Å². The molecule has 0 spiro atoms. The summed E-state index contributed by atoms with van der Waals surface area (Å²) >= 11 is 0. The van der Waals surface area contributed by atoms with Crippen molar-refractivity contribution in [3.05, 3.63) is 0 Å².